The molecule has 2 nitrogen and oxygen atoms in total. The smallest absolute Gasteiger partial charge is 0.227 e. The molecule has 1 aliphatic heterocycles. The normalized spacial score (nSPS) is 38.7. The van der Waals surface area contributed by atoms with E-state index >= 15 is 0 Å². The van der Waals surface area contributed by atoms with Gasteiger partial charge in [0.2, 0.25) is 5.90 Å². The summed E-state index contributed by atoms with van der Waals surface area (Å²) < 4.78 is 19.1. The Hall–Kier alpha value is -0.900. The van der Waals surface area contributed by atoms with Crippen molar-refractivity contribution in [3.63, 3.8) is 0 Å². The van der Waals surface area contributed by atoms with Gasteiger partial charge in [0.25, 0.3) is 0 Å². The fourth-order valence-corrected chi connectivity index (χ4v) is 2.94. The van der Waals surface area contributed by atoms with Crippen molar-refractivity contribution >= 4 is 17.2 Å². The molecule has 0 amide bonds. The summed E-state index contributed by atoms with van der Waals surface area (Å²) in [5.74, 6) is 0.676. The first kappa shape index (κ1) is 9.33. The van der Waals surface area contributed by atoms with Crippen LogP contribution in [0.15, 0.2) is 22.5 Å². The highest BCUT2D eigenvalue weighted by molar-refractivity contribution is 7.12. The number of fused-ring (bicyclic) bond motifs is 1. The third-order valence-corrected chi connectivity index (χ3v) is 4.06. The minimum absolute atomic E-state index is 0.0313. The third kappa shape index (κ3) is 1.39. The van der Waals surface area contributed by atoms with Crippen molar-refractivity contribution in [1.29, 1.82) is 0 Å². The van der Waals surface area contributed by atoms with Gasteiger partial charge in [0.15, 0.2) is 0 Å². The number of alkyl halides is 1. The topological polar surface area (TPSA) is 21.6 Å². The van der Waals surface area contributed by atoms with Crippen molar-refractivity contribution in [1.82, 2.24) is 0 Å². The molecule has 80 valence electrons. The maximum absolute atomic E-state index is 13.4. The first-order chi connectivity index (χ1) is 7.25. The van der Waals surface area contributed by atoms with Crippen LogP contribution >= 0.6 is 11.3 Å². The second kappa shape index (κ2) is 3.30. The lowest BCUT2D eigenvalue weighted by molar-refractivity contribution is 0.138. The number of nitrogens with zero attached hydrogens (tertiary/aromatic N) is 1. The minimum atomic E-state index is -0.756. The van der Waals surface area contributed by atoms with E-state index in [1.165, 1.54) is 0 Å². The zero-order valence-corrected chi connectivity index (χ0v) is 9.21. The fraction of sp³-hybridized carbons (Fsp3) is 0.545. The Morgan fingerprint density at radius 2 is 2.47 bits per heavy atom. The van der Waals surface area contributed by atoms with Crippen LogP contribution in [-0.4, -0.2) is 24.2 Å². The number of hydrogen-bond donors (Lipinski definition) is 0. The molecule has 3 rings (SSSR count). The molecular weight excluding hydrogens is 213 g/mol. The first-order valence-corrected chi connectivity index (χ1v) is 6.06. The molecule has 4 heteroatoms. The molecule has 1 fully saturated rings. The van der Waals surface area contributed by atoms with Gasteiger partial charge in [-0.15, -0.1) is 11.3 Å². The first-order valence-electron chi connectivity index (χ1n) is 5.18. The van der Waals surface area contributed by atoms with Gasteiger partial charge in [-0.05, 0) is 11.4 Å². The summed E-state index contributed by atoms with van der Waals surface area (Å²) in [4.78, 5) is 5.51. The van der Waals surface area contributed by atoms with Crippen LogP contribution in [-0.2, 0) is 4.74 Å². The van der Waals surface area contributed by atoms with Gasteiger partial charge < -0.3 is 4.74 Å². The largest absolute Gasteiger partial charge is 0.471 e. The summed E-state index contributed by atoms with van der Waals surface area (Å²) in [5.41, 5.74) is 0. The van der Waals surface area contributed by atoms with Gasteiger partial charge in [-0.3, -0.25) is 0 Å². The Morgan fingerprint density at radius 3 is 3.13 bits per heavy atom. The summed E-state index contributed by atoms with van der Waals surface area (Å²) in [6.07, 6.45) is -0.286. The van der Waals surface area contributed by atoms with Crippen LogP contribution < -0.4 is 0 Å². The van der Waals surface area contributed by atoms with Gasteiger partial charge in [-0.25, -0.2) is 9.38 Å². The highest BCUT2D eigenvalue weighted by Crippen LogP contribution is 2.38. The van der Waals surface area contributed by atoms with Gasteiger partial charge in [0.1, 0.15) is 12.3 Å². The molecule has 4 atom stereocenters. The molecular formula is C11H12FNOS. The molecule has 1 aromatic rings. The van der Waals surface area contributed by atoms with Crippen LogP contribution in [0, 0.1) is 5.92 Å². The number of ether oxygens (including phenoxy) is 1. The summed E-state index contributed by atoms with van der Waals surface area (Å²) in [6.45, 7) is 1.90. The Morgan fingerprint density at radius 1 is 1.60 bits per heavy atom. The van der Waals surface area contributed by atoms with Crippen LogP contribution in [0.1, 0.15) is 18.2 Å². The molecule has 0 radical (unpaired) electrons. The summed E-state index contributed by atoms with van der Waals surface area (Å²) in [5, 5.41) is 2.00. The van der Waals surface area contributed by atoms with Crippen molar-refractivity contribution < 1.29 is 9.13 Å². The van der Waals surface area contributed by atoms with E-state index in [9.17, 15) is 4.39 Å². The second-order valence-electron chi connectivity index (χ2n) is 4.17. The van der Waals surface area contributed by atoms with E-state index in [2.05, 4.69) is 4.99 Å². The Bertz CT molecular complexity index is 389. The molecule has 0 bridgehead atoms. The molecule has 4 unspecified atom stereocenters. The quantitative estimate of drug-likeness (QED) is 0.720. The standard InChI is InChI=1S/C11H12FNOS/c1-6-7(12)5-8-10(6)14-11(13-8)9-3-2-4-15-9/h2-4,6-8,10H,5H2,1H3. The van der Waals surface area contributed by atoms with Gasteiger partial charge in [0, 0.05) is 12.3 Å². The van der Waals surface area contributed by atoms with Gasteiger partial charge in [-0.2, -0.15) is 0 Å². The van der Waals surface area contributed by atoms with E-state index in [4.69, 9.17) is 4.74 Å². The lowest BCUT2D eigenvalue weighted by Gasteiger charge is -2.14. The molecule has 15 heavy (non-hydrogen) atoms. The Labute approximate surface area is 91.8 Å². The van der Waals surface area contributed by atoms with E-state index in [0.717, 1.165) is 4.88 Å². The van der Waals surface area contributed by atoms with Crippen LogP contribution in [0.3, 0.4) is 0 Å². The summed E-state index contributed by atoms with van der Waals surface area (Å²) >= 11 is 1.61. The van der Waals surface area contributed by atoms with Crippen molar-refractivity contribution in [2.45, 2.75) is 31.7 Å². The molecule has 1 aromatic heterocycles. The van der Waals surface area contributed by atoms with E-state index in [-0.39, 0.29) is 18.1 Å². The molecule has 0 aromatic carbocycles. The minimum Gasteiger partial charge on any atom is -0.471 e. The van der Waals surface area contributed by atoms with E-state index in [0.29, 0.717) is 12.3 Å². The lowest BCUT2D eigenvalue weighted by Crippen LogP contribution is -2.23. The molecule has 0 saturated heterocycles. The second-order valence-corrected chi connectivity index (χ2v) is 5.12. The van der Waals surface area contributed by atoms with Gasteiger partial charge >= 0.3 is 0 Å². The highest BCUT2D eigenvalue weighted by Gasteiger charge is 2.46. The van der Waals surface area contributed by atoms with E-state index in [1.54, 1.807) is 11.3 Å². The van der Waals surface area contributed by atoms with E-state index < -0.39 is 6.17 Å². The van der Waals surface area contributed by atoms with Crippen molar-refractivity contribution in [2.24, 2.45) is 10.9 Å². The molecule has 0 spiro atoms. The van der Waals surface area contributed by atoms with Crippen molar-refractivity contribution in [2.75, 3.05) is 0 Å². The molecule has 1 aliphatic carbocycles. The zero-order chi connectivity index (χ0) is 10.4. The third-order valence-electron chi connectivity index (χ3n) is 3.20. The van der Waals surface area contributed by atoms with E-state index in [1.807, 2.05) is 24.4 Å². The predicted molar refractivity (Wildman–Crippen MR) is 58.2 cm³/mol. The fourth-order valence-electron chi connectivity index (χ4n) is 2.28. The summed E-state index contributed by atoms with van der Waals surface area (Å²) in [7, 11) is 0. The molecule has 2 heterocycles. The molecule has 2 aliphatic rings. The summed E-state index contributed by atoms with van der Waals surface area (Å²) in [6, 6.07) is 4.00. The average molecular weight is 225 g/mol. The van der Waals surface area contributed by atoms with Gasteiger partial charge in [-0.1, -0.05) is 13.0 Å². The number of hydrogen-bond acceptors (Lipinski definition) is 3. The highest BCUT2D eigenvalue weighted by atomic mass is 32.1. The van der Waals surface area contributed by atoms with Crippen LogP contribution in [0.25, 0.3) is 0 Å². The van der Waals surface area contributed by atoms with Gasteiger partial charge in [0.05, 0.1) is 10.9 Å². The van der Waals surface area contributed by atoms with Crippen molar-refractivity contribution in [3.05, 3.63) is 22.4 Å². The number of rotatable bonds is 1. The maximum Gasteiger partial charge on any atom is 0.227 e. The van der Waals surface area contributed by atoms with Crippen molar-refractivity contribution in [3.8, 4) is 0 Å². The molecule has 1 saturated carbocycles. The molecule has 0 N–H and O–H groups in total. The lowest BCUT2D eigenvalue weighted by atomic mass is 10.1. The SMILES string of the molecule is CC1C(F)CC2N=C(c3cccs3)OC21. The average Bonchev–Trinajstić information content (AvgIpc) is 2.86. The monoisotopic (exact) mass is 225 g/mol. The number of thiophene rings is 1. The van der Waals surface area contributed by atoms with Crippen LogP contribution in [0.5, 0.6) is 0 Å². The van der Waals surface area contributed by atoms with Crippen LogP contribution in [0.4, 0.5) is 4.39 Å². The van der Waals surface area contributed by atoms with Crippen LogP contribution in [0.2, 0.25) is 0 Å². The zero-order valence-electron chi connectivity index (χ0n) is 8.39. The number of halogens is 1. The maximum atomic E-state index is 13.4. The Kier molecular flexibility index (Phi) is 2.06. The predicted octanol–water partition coefficient (Wildman–Crippen LogP) is 2.64. The Balaban J connectivity index is 1.85. The number of aliphatic imine (C=N–C) groups is 1.